The molecular weight excluding hydrogens is 412 g/mol. The van der Waals surface area contributed by atoms with Gasteiger partial charge in [0.05, 0.1) is 7.11 Å². The lowest BCUT2D eigenvalue weighted by molar-refractivity contribution is -0.134. The Morgan fingerprint density at radius 1 is 0.727 bits per heavy atom. The lowest BCUT2D eigenvalue weighted by Crippen LogP contribution is -2.20. The van der Waals surface area contributed by atoms with Crippen molar-refractivity contribution in [2.24, 2.45) is 0 Å². The van der Waals surface area contributed by atoms with Crippen LogP contribution in [-0.4, -0.2) is 18.9 Å². The number of carbonyl (C=O) groups is 2. The molecule has 0 aliphatic heterocycles. The van der Waals surface area contributed by atoms with Gasteiger partial charge in [0.25, 0.3) is 0 Å². The number of ketones is 1. The third-order valence-electron chi connectivity index (χ3n) is 6.44. The average molecular weight is 453 g/mol. The second-order valence-corrected chi connectivity index (χ2v) is 9.80. The van der Waals surface area contributed by atoms with Crippen LogP contribution in [0.15, 0.2) is 24.3 Å². The van der Waals surface area contributed by atoms with Gasteiger partial charge < -0.3 is 14.3 Å². The van der Waals surface area contributed by atoms with Gasteiger partial charge in [-0.2, -0.15) is 0 Å². The van der Waals surface area contributed by atoms with Crippen molar-refractivity contribution >= 4 is 11.8 Å². The van der Waals surface area contributed by atoms with E-state index in [0.717, 1.165) is 53.7 Å². The number of hydrogen-bond donors (Lipinski definition) is 0. The summed E-state index contributed by atoms with van der Waals surface area (Å²) in [5, 5.41) is 0. The zero-order valence-electron chi connectivity index (χ0n) is 21.7. The molecule has 0 heterocycles. The fourth-order valence-electron chi connectivity index (χ4n) is 4.43. The van der Waals surface area contributed by atoms with Crippen LogP contribution in [0, 0.1) is 27.7 Å². The molecule has 2 aromatic rings. The number of carbonyl (C=O) groups excluding carboxylic acids is 2. The Kier molecular flexibility index (Phi) is 9.27. The molecule has 4 nitrogen and oxygen atoms in total. The third-order valence-corrected chi connectivity index (χ3v) is 6.44. The summed E-state index contributed by atoms with van der Waals surface area (Å²) in [6.07, 6.45) is 4.62. The molecule has 33 heavy (non-hydrogen) atoms. The summed E-state index contributed by atoms with van der Waals surface area (Å²) in [7, 11) is 1.71. The number of Topliss-reactive ketones (excluding diaryl/α,β-unsaturated/α-hetero) is 1. The number of benzene rings is 2. The van der Waals surface area contributed by atoms with Crippen LogP contribution in [0.2, 0.25) is 0 Å². The Balaban J connectivity index is 2.11. The molecule has 0 atom stereocenters. The van der Waals surface area contributed by atoms with Crippen LogP contribution in [0.5, 0.6) is 11.5 Å². The molecule has 0 N–H and O–H groups in total. The van der Waals surface area contributed by atoms with Gasteiger partial charge in [0.15, 0.2) is 0 Å². The molecular formula is C29H40O4. The number of rotatable bonds is 11. The van der Waals surface area contributed by atoms with E-state index in [1.54, 1.807) is 14.0 Å². The second-order valence-electron chi connectivity index (χ2n) is 9.80. The maximum absolute atomic E-state index is 12.4. The highest BCUT2D eigenvalue weighted by molar-refractivity contribution is 5.75. The maximum atomic E-state index is 12.4. The molecule has 0 spiro atoms. The first-order chi connectivity index (χ1) is 15.5. The zero-order chi connectivity index (χ0) is 24.8. The quantitative estimate of drug-likeness (QED) is 0.207. The van der Waals surface area contributed by atoms with Crippen LogP contribution in [0.4, 0.5) is 0 Å². The normalized spacial score (nSPS) is 11.4. The highest BCUT2D eigenvalue weighted by Crippen LogP contribution is 2.38. The van der Waals surface area contributed by atoms with Gasteiger partial charge in [0.2, 0.25) is 0 Å². The number of unbranched alkanes of at least 4 members (excludes halogenated alkanes) is 3. The van der Waals surface area contributed by atoms with Crippen LogP contribution in [-0.2, 0) is 15.0 Å². The van der Waals surface area contributed by atoms with E-state index in [2.05, 4.69) is 52.0 Å². The zero-order valence-corrected chi connectivity index (χ0v) is 21.7. The van der Waals surface area contributed by atoms with Crippen molar-refractivity contribution in [3.05, 3.63) is 57.6 Å². The summed E-state index contributed by atoms with van der Waals surface area (Å²) in [5.41, 5.74) is 6.39. The van der Waals surface area contributed by atoms with Gasteiger partial charge in [-0.05, 0) is 80.8 Å². The van der Waals surface area contributed by atoms with Gasteiger partial charge in [0, 0.05) is 18.3 Å². The third kappa shape index (κ3) is 6.93. The smallest absolute Gasteiger partial charge is 0.311 e. The van der Waals surface area contributed by atoms with E-state index in [0.29, 0.717) is 18.6 Å². The SMILES string of the molecule is COc1c(C)cc(C(C)(C)c2cc(C)c(OC(=O)CCCCCCC(C)=O)c(C)c2)cc1C. The molecule has 0 amide bonds. The number of hydrogen-bond acceptors (Lipinski definition) is 4. The Bertz CT molecular complexity index is 955. The monoisotopic (exact) mass is 452 g/mol. The molecule has 2 aromatic carbocycles. The van der Waals surface area contributed by atoms with Crippen molar-refractivity contribution in [3.8, 4) is 11.5 Å². The fraction of sp³-hybridized carbons (Fsp3) is 0.517. The molecule has 2 rings (SSSR count). The lowest BCUT2D eigenvalue weighted by Gasteiger charge is -2.29. The van der Waals surface area contributed by atoms with Crippen molar-refractivity contribution in [1.29, 1.82) is 0 Å². The molecule has 0 aliphatic carbocycles. The number of aryl methyl sites for hydroxylation is 4. The molecule has 4 heteroatoms. The van der Waals surface area contributed by atoms with Gasteiger partial charge >= 0.3 is 5.97 Å². The molecule has 0 radical (unpaired) electrons. The van der Waals surface area contributed by atoms with E-state index >= 15 is 0 Å². The molecule has 0 bridgehead atoms. The number of methoxy groups -OCH3 is 1. The van der Waals surface area contributed by atoms with E-state index in [1.807, 2.05) is 13.8 Å². The minimum absolute atomic E-state index is 0.193. The van der Waals surface area contributed by atoms with Crippen molar-refractivity contribution < 1.29 is 19.1 Å². The summed E-state index contributed by atoms with van der Waals surface area (Å²) < 4.78 is 11.3. The van der Waals surface area contributed by atoms with Crippen LogP contribution in [0.1, 0.15) is 92.7 Å². The molecule has 0 aromatic heterocycles. The van der Waals surface area contributed by atoms with Crippen LogP contribution in [0.3, 0.4) is 0 Å². The first kappa shape index (κ1) is 26.6. The first-order valence-corrected chi connectivity index (χ1v) is 11.9. The average Bonchev–Trinajstić information content (AvgIpc) is 2.72. The summed E-state index contributed by atoms with van der Waals surface area (Å²) in [4.78, 5) is 23.4. The van der Waals surface area contributed by atoms with Crippen molar-refractivity contribution in [2.75, 3.05) is 7.11 Å². The number of ether oxygens (including phenoxy) is 2. The van der Waals surface area contributed by atoms with Gasteiger partial charge in [-0.1, -0.05) is 51.0 Å². The van der Waals surface area contributed by atoms with Crippen molar-refractivity contribution in [1.82, 2.24) is 0 Å². The standard InChI is InChI=1S/C29H40O4/c1-19-15-24(16-20(2)27(19)32-8)29(6,7)25-17-21(3)28(22(4)18-25)33-26(31)14-12-10-9-11-13-23(5)30/h15-18H,9-14H2,1-8H3. The van der Waals surface area contributed by atoms with Gasteiger partial charge in [-0.15, -0.1) is 0 Å². The molecule has 0 fully saturated rings. The molecule has 180 valence electrons. The molecule has 0 saturated carbocycles. The minimum atomic E-state index is -0.209. The van der Waals surface area contributed by atoms with Crippen molar-refractivity contribution in [3.63, 3.8) is 0 Å². The van der Waals surface area contributed by atoms with Crippen molar-refractivity contribution in [2.45, 2.75) is 92.4 Å². The first-order valence-electron chi connectivity index (χ1n) is 11.9. The van der Waals surface area contributed by atoms with Gasteiger partial charge in [-0.25, -0.2) is 0 Å². The van der Waals surface area contributed by atoms with E-state index in [9.17, 15) is 9.59 Å². The van der Waals surface area contributed by atoms with E-state index in [-0.39, 0.29) is 17.2 Å². The summed E-state index contributed by atoms with van der Waals surface area (Å²) in [6.45, 7) is 14.2. The largest absolute Gasteiger partial charge is 0.496 e. The second kappa shape index (κ2) is 11.5. The Hall–Kier alpha value is -2.62. The molecule has 0 unspecified atom stereocenters. The fourth-order valence-corrected chi connectivity index (χ4v) is 4.43. The van der Waals surface area contributed by atoms with E-state index in [4.69, 9.17) is 9.47 Å². The Labute approximate surface area is 199 Å². The molecule has 0 saturated heterocycles. The van der Waals surface area contributed by atoms with Gasteiger partial charge in [0.1, 0.15) is 17.3 Å². The highest BCUT2D eigenvalue weighted by atomic mass is 16.5. The van der Waals surface area contributed by atoms with Crippen LogP contribution < -0.4 is 9.47 Å². The summed E-state index contributed by atoms with van der Waals surface area (Å²) in [5.74, 6) is 1.63. The van der Waals surface area contributed by atoms with E-state index in [1.165, 1.54) is 11.1 Å². The Morgan fingerprint density at radius 3 is 1.58 bits per heavy atom. The van der Waals surface area contributed by atoms with Crippen LogP contribution in [0.25, 0.3) is 0 Å². The Morgan fingerprint density at radius 2 is 1.15 bits per heavy atom. The summed E-state index contributed by atoms with van der Waals surface area (Å²) >= 11 is 0. The number of esters is 1. The predicted molar refractivity (Wildman–Crippen MR) is 135 cm³/mol. The topological polar surface area (TPSA) is 52.6 Å². The van der Waals surface area contributed by atoms with Gasteiger partial charge in [-0.3, -0.25) is 4.79 Å². The minimum Gasteiger partial charge on any atom is -0.496 e. The lowest BCUT2D eigenvalue weighted by atomic mass is 9.76. The predicted octanol–water partition coefficient (Wildman–Crippen LogP) is 7.09. The maximum Gasteiger partial charge on any atom is 0.311 e. The van der Waals surface area contributed by atoms with E-state index < -0.39 is 0 Å². The summed E-state index contributed by atoms with van der Waals surface area (Å²) in [6, 6.07) is 8.65. The van der Waals surface area contributed by atoms with Crippen LogP contribution >= 0.6 is 0 Å². The highest BCUT2D eigenvalue weighted by Gasteiger charge is 2.26. The molecule has 0 aliphatic rings.